The number of hydrogen-bond acceptors (Lipinski definition) is 4. The van der Waals surface area contributed by atoms with E-state index in [-0.39, 0.29) is 18.3 Å². The van der Waals surface area contributed by atoms with Crippen LogP contribution in [0.5, 0.6) is 11.5 Å². The van der Waals surface area contributed by atoms with E-state index in [0.29, 0.717) is 11.3 Å². The maximum absolute atomic E-state index is 11.6. The molecule has 0 aromatic heterocycles. The largest absolute Gasteiger partial charge is 0.508 e. The molecule has 1 amide bonds. The van der Waals surface area contributed by atoms with Gasteiger partial charge in [0.15, 0.2) is 6.61 Å². The molecule has 2 rings (SSSR count). The van der Waals surface area contributed by atoms with Gasteiger partial charge in [-0.05, 0) is 58.2 Å². The summed E-state index contributed by atoms with van der Waals surface area (Å²) in [6, 6.07) is 12.2. The van der Waals surface area contributed by atoms with E-state index in [1.807, 2.05) is 19.1 Å². The van der Waals surface area contributed by atoms with Gasteiger partial charge < -0.3 is 9.84 Å². The van der Waals surface area contributed by atoms with Crippen molar-refractivity contribution in [3.63, 3.8) is 0 Å². The average molecular weight is 363 g/mol. The summed E-state index contributed by atoms with van der Waals surface area (Å²) in [6.07, 6.45) is 1.44. The van der Waals surface area contributed by atoms with E-state index in [2.05, 4.69) is 26.5 Å². The molecule has 0 saturated carbocycles. The van der Waals surface area contributed by atoms with Crippen molar-refractivity contribution < 1.29 is 14.6 Å². The van der Waals surface area contributed by atoms with Crippen LogP contribution in [0.4, 0.5) is 0 Å². The van der Waals surface area contributed by atoms with Crippen molar-refractivity contribution in [3.8, 4) is 11.5 Å². The first-order valence-corrected chi connectivity index (χ1v) is 7.34. The lowest BCUT2D eigenvalue weighted by Crippen LogP contribution is -2.24. The lowest BCUT2D eigenvalue weighted by Gasteiger charge is -2.07. The van der Waals surface area contributed by atoms with Crippen LogP contribution in [0.25, 0.3) is 0 Å². The Hall–Kier alpha value is -2.34. The number of phenols is 1. The molecule has 0 aliphatic rings. The summed E-state index contributed by atoms with van der Waals surface area (Å²) < 4.78 is 6.20. The molecular formula is C16H15BrN2O3. The van der Waals surface area contributed by atoms with E-state index in [9.17, 15) is 9.90 Å². The van der Waals surface area contributed by atoms with Gasteiger partial charge in [0, 0.05) is 0 Å². The lowest BCUT2D eigenvalue weighted by molar-refractivity contribution is -0.123. The highest BCUT2D eigenvalue weighted by Gasteiger charge is 2.05. The van der Waals surface area contributed by atoms with Crippen molar-refractivity contribution in [3.05, 3.63) is 58.1 Å². The highest BCUT2D eigenvalue weighted by atomic mass is 79.9. The van der Waals surface area contributed by atoms with Crippen molar-refractivity contribution in [2.45, 2.75) is 6.92 Å². The molecule has 6 heteroatoms. The third kappa shape index (κ3) is 4.89. The fourth-order valence-electron chi connectivity index (χ4n) is 1.68. The molecule has 0 spiro atoms. The molecule has 114 valence electrons. The highest BCUT2D eigenvalue weighted by Crippen LogP contribution is 2.25. The van der Waals surface area contributed by atoms with Gasteiger partial charge in [0.25, 0.3) is 5.91 Å². The Kier molecular flexibility index (Phi) is 5.55. The summed E-state index contributed by atoms with van der Waals surface area (Å²) in [6.45, 7) is 1.83. The fraction of sp³-hybridized carbons (Fsp3) is 0.125. The topological polar surface area (TPSA) is 70.9 Å². The van der Waals surface area contributed by atoms with Gasteiger partial charge in [-0.3, -0.25) is 4.79 Å². The van der Waals surface area contributed by atoms with E-state index >= 15 is 0 Å². The standard InChI is InChI=1S/C16H15BrN2O3/c1-11-5-6-15(14(17)7-11)22-10-16(21)19-18-9-12-3-2-4-13(20)8-12/h2-9,20H,10H2,1H3,(H,19,21). The molecular weight excluding hydrogens is 348 g/mol. The van der Waals surface area contributed by atoms with Crippen molar-refractivity contribution in [2.75, 3.05) is 6.61 Å². The van der Waals surface area contributed by atoms with Gasteiger partial charge in [0.1, 0.15) is 11.5 Å². The normalized spacial score (nSPS) is 10.6. The smallest absolute Gasteiger partial charge is 0.277 e. The number of halogens is 1. The van der Waals surface area contributed by atoms with E-state index in [0.717, 1.165) is 10.0 Å². The summed E-state index contributed by atoms with van der Waals surface area (Å²) in [7, 11) is 0. The Balaban J connectivity index is 1.83. The molecule has 0 heterocycles. The molecule has 0 aliphatic heterocycles. The zero-order chi connectivity index (χ0) is 15.9. The Morgan fingerprint density at radius 1 is 1.36 bits per heavy atom. The van der Waals surface area contributed by atoms with Gasteiger partial charge in [0.2, 0.25) is 0 Å². The minimum absolute atomic E-state index is 0.140. The van der Waals surface area contributed by atoms with Gasteiger partial charge in [-0.25, -0.2) is 5.43 Å². The summed E-state index contributed by atoms with van der Waals surface area (Å²) >= 11 is 3.38. The molecule has 0 atom stereocenters. The Labute approximate surface area is 136 Å². The van der Waals surface area contributed by atoms with Crippen molar-refractivity contribution in [1.29, 1.82) is 0 Å². The molecule has 0 fully saturated rings. The predicted octanol–water partition coefficient (Wildman–Crippen LogP) is 2.99. The maximum atomic E-state index is 11.6. The molecule has 0 aliphatic carbocycles. The Bertz CT molecular complexity index is 702. The van der Waals surface area contributed by atoms with Gasteiger partial charge in [-0.15, -0.1) is 0 Å². The monoisotopic (exact) mass is 362 g/mol. The van der Waals surface area contributed by atoms with Crippen LogP contribution in [0.1, 0.15) is 11.1 Å². The minimum Gasteiger partial charge on any atom is -0.508 e. The Morgan fingerprint density at radius 3 is 2.91 bits per heavy atom. The summed E-state index contributed by atoms with van der Waals surface area (Å²) in [5, 5.41) is 13.1. The van der Waals surface area contributed by atoms with E-state index in [1.165, 1.54) is 12.3 Å². The second-order valence-corrected chi connectivity index (χ2v) is 5.47. The fourth-order valence-corrected chi connectivity index (χ4v) is 2.29. The lowest BCUT2D eigenvalue weighted by atomic mass is 10.2. The summed E-state index contributed by atoms with van der Waals surface area (Å²) in [5.41, 5.74) is 4.14. The van der Waals surface area contributed by atoms with Crippen LogP contribution in [0.15, 0.2) is 52.0 Å². The molecule has 5 nitrogen and oxygen atoms in total. The zero-order valence-electron chi connectivity index (χ0n) is 11.9. The number of rotatable bonds is 5. The molecule has 2 N–H and O–H groups in total. The number of hydrazone groups is 1. The summed E-state index contributed by atoms with van der Waals surface area (Å²) in [4.78, 5) is 11.6. The first-order chi connectivity index (χ1) is 10.5. The van der Waals surface area contributed by atoms with Crippen LogP contribution in [0.2, 0.25) is 0 Å². The molecule has 0 unspecified atom stereocenters. The van der Waals surface area contributed by atoms with Crippen LogP contribution in [-0.2, 0) is 4.79 Å². The number of carbonyl (C=O) groups excluding carboxylic acids is 1. The average Bonchev–Trinajstić information content (AvgIpc) is 2.46. The predicted molar refractivity (Wildman–Crippen MR) is 88.2 cm³/mol. The number of ether oxygens (including phenoxy) is 1. The molecule has 0 radical (unpaired) electrons. The molecule has 0 bridgehead atoms. The number of nitrogens with zero attached hydrogens (tertiary/aromatic N) is 1. The van der Waals surface area contributed by atoms with E-state index in [1.54, 1.807) is 24.3 Å². The molecule has 22 heavy (non-hydrogen) atoms. The first-order valence-electron chi connectivity index (χ1n) is 6.54. The van der Waals surface area contributed by atoms with Crippen molar-refractivity contribution in [1.82, 2.24) is 5.43 Å². The number of aryl methyl sites for hydroxylation is 1. The zero-order valence-corrected chi connectivity index (χ0v) is 13.5. The molecule has 2 aromatic rings. The van der Waals surface area contributed by atoms with E-state index < -0.39 is 0 Å². The maximum Gasteiger partial charge on any atom is 0.277 e. The van der Waals surface area contributed by atoms with Crippen molar-refractivity contribution in [2.24, 2.45) is 5.10 Å². The Morgan fingerprint density at radius 2 is 2.18 bits per heavy atom. The van der Waals surface area contributed by atoms with Crippen LogP contribution in [0, 0.1) is 6.92 Å². The number of amides is 1. The van der Waals surface area contributed by atoms with E-state index in [4.69, 9.17) is 4.74 Å². The SMILES string of the molecule is Cc1ccc(OCC(=O)NN=Cc2cccc(O)c2)c(Br)c1. The first kappa shape index (κ1) is 16.0. The number of nitrogens with one attached hydrogen (secondary N) is 1. The van der Waals surface area contributed by atoms with Crippen LogP contribution >= 0.6 is 15.9 Å². The number of benzene rings is 2. The van der Waals surface area contributed by atoms with Gasteiger partial charge in [-0.2, -0.15) is 5.10 Å². The van der Waals surface area contributed by atoms with Crippen LogP contribution < -0.4 is 10.2 Å². The quantitative estimate of drug-likeness (QED) is 0.634. The molecule has 2 aromatic carbocycles. The third-order valence-electron chi connectivity index (χ3n) is 2.72. The van der Waals surface area contributed by atoms with Gasteiger partial charge in [-0.1, -0.05) is 18.2 Å². The third-order valence-corrected chi connectivity index (χ3v) is 3.34. The highest BCUT2D eigenvalue weighted by molar-refractivity contribution is 9.10. The van der Waals surface area contributed by atoms with Crippen molar-refractivity contribution >= 4 is 28.1 Å². The van der Waals surface area contributed by atoms with Gasteiger partial charge >= 0.3 is 0 Å². The molecule has 0 saturated heterocycles. The number of carbonyl (C=O) groups is 1. The summed E-state index contributed by atoms with van der Waals surface area (Å²) in [5.74, 6) is 0.365. The van der Waals surface area contributed by atoms with Crippen LogP contribution in [-0.4, -0.2) is 23.8 Å². The van der Waals surface area contributed by atoms with Crippen LogP contribution in [0.3, 0.4) is 0 Å². The number of phenolic OH excluding ortho intramolecular Hbond substituents is 1. The second kappa shape index (κ2) is 7.61. The van der Waals surface area contributed by atoms with Gasteiger partial charge in [0.05, 0.1) is 10.7 Å². The number of hydrogen-bond donors (Lipinski definition) is 2. The minimum atomic E-state index is -0.371. The number of aromatic hydroxyl groups is 1. The second-order valence-electron chi connectivity index (χ2n) is 4.61.